The lowest BCUT2D eigenvalue weighted by atomic mass is 9.99. The molecular formula is C16H18O4. The second kappa shape index (κ2) is 5.92. The fraction of sp³-hybridized carbons (Fsp3) is 0.312. The average molecular weight is 274 g/mol. The van der Waals surface area contributed by atoms with E-state index in [1.165, 1.54) is 6.08 Å². The van der Waals surface area contributed by atoms with Crippen LogP contribution in [-0.2, 0) is 6.42 Å². The highest BCUT2D eigenvalue weighted by Crippen LogP contribution is 2.17. The molecule has 1 aromatic rings. The van der Waals surface area contributed by atoms with Gasteiger partial charge in [0.25, 0.3) is 0 Å². The Hall–Kier alpha value is -2.07. The standard InChI is InChI=1S/C16H18O4/c1-10(4-3-7-17)8-14-11(2)13-6-5-12(18)9-15(13)20-16(14)19/h8-9,17-18H,1-7H2/b14-8+. The molecule has 0 aromatic carbocycles. The minimum Gasteiger partial charge on any atom is -0.512 e. The number of hydrogen-bond acceptors (Lipinski definition) is 4. The maximum absolute atomic E-state index is 12.0. The van der Waals surface area contributed by atoms with Crippen LogP contribution in [0, 0.1) is 0 Å². The lowest BCUT2D eigenvalue weighted by Crippen LogP contribution is -2.41. The second-order valence-electron chi connectivity index (χ2n) is 4.89. The summed E-state index contributed by atoms with van der Waals surface area (Å²) in [5, 5.41) is 19.3. The molecule has 1 heterocycles. The van der Waals surface area contributed by atoms with E-state index < -0.39 is 5.63 Å². The molecule has 0 saturated carbocycles. The number of aliphatic hydroxyl groups is 2. The molecule has 1 aliphatic rings. The van der Waals surface area contributed by atoms with Crippen molar-refractivity contribution in [2.24, 2.45) is 0 Å². The van der Waals surface area contributed by atoms with E-state index in [1.807, 2.05) is 0 Å². The van der Waals surface area contributed by atoms with E-state index in [-0.39, 0.29) is 12.4 Å². The lowest BCUT2D eigenvalue weighted by Gasteiger charge is -2.11. The Morgan fingerprint density at radius 1 is 1.45 bits per heavy atom. The highest BCUT2D eigenvalue weighted by molar-refractivity contribution is 5.54. The number of hydrogen-bond donors (Lipinski definition) is 2. The van der Waals surface area contributed by atoms with Crippen molar-refractivity contribution in [3.05, 3.63) is 50.1 Å². The Morgan fingerprint density at radius 3 is 2.90 bits per heavy atom. The Bertz CT molecular complexity index is 722. The van der Waals surface area contributed by atoms with Crippen LogP contribution in [0.1, 0.15) is 30.6 Å². The van der Waals surface area contributed by atoms with Crippen LogP contribution in [0.25, 0.3) is 18.7 Å². The molecule has 0 amide bonds. The van der Waals surface area contributed by atoms with Crippen LogP contribution in [-0.4, -0.2) is 16.8 Å². The summed E-state index contributed by atoms with van der Waals surface area (Å²) >= 11 is 0. The molecule has 2 rings (SSSR count). The maximum Gasteiger partial charge on any atom is 0.344 e. The third kappa shape index (κ3) is 2.91. The van der Waals surface area contributed by atoms with Crippen LogP contribution < -0.4 is 16.1 Å². The third-order valence-electron chi connectivity index (χ3n) is 3.34. The number of fused-ring (bicyclic) bond motifs is 1. The van der Waals surface area contributed by atoms with Gasteiger partial charge in [0.1, 0.15) is 5.76 Å². The minimum atomic E-state index is -0.482. The molecule has 4 nitrogen and oxygen atoms in total. The summed E-state index contributed by atoms with van der Waals surface area (Å²) in [6.45, 7) is 7.92. The van der Waals surface area contributed by atoms with Gasteiger partial charge in [-0.25, -0.2) is 4.79 Å². The van der Waals surface area contributed by atoms with Crippen molar-refractivity contribution in [3.63, 3.8) is 0 Å². The molecule has 2 N–H and O–H groups in total. The molecule has 0 aliphatic heterocycles. The molecule has 1 aliphatic carbocycles. The van der Waals surface area contributed by atoms with Crippen LogP contribution in [0.4, 0.5) is 0 Å². The van der Waals surface area contributed by atoms with Crippen molar-refractivity contribution in [2.75, 3.05) is 6.61 Å². The summed E-state index contributed by atoms with van der Waals surface area (Å²) in [7, 11) is 0. The Morgan fingerprint density at radius 2 is 2.20 bits per heavy atom. The normalized spacial score (nSPS) is 14.8. The Balaban J connectivity index is 2.52. The smallest absolute Gasteiger partial charge is 0.344 e. The minimum absolute atomic E-state index is 0.0902. The third-order valence-corrected chi connectivity index (χ3v) is 3.34. The first-order valence-electron chi connectivity index (χ1n) is 6.57. The van der Waals surface area contributed by atoms with Gasteiger partial charge in [-0.15, -0.1) is 0 Å². The summed E-state index contributed by atoms with van der Waals surface area (Å²) in [6.07, 6.45) is 5.49. The van der Waals surface area contributed by atoms with Gasteiger partial charge in [-0.1, -0.05) is 18.7 Å². The summed E-state index contributed by atoms with van der Waals surface area (Å²) in [5.74, 6) is 0.603. The first kappa shape index (κ1) is 14.3. The molecule has 0 unspecified atom stereocenters. The maximum atomic E-state index is 12.0. The molecule has 106 valence electrons. The van der Waals surface area contributed by atoms with Crippen molar-refractivity contribution in [3.8, 4) is 0 Å². The molecule has 0 saturated heterocycles. The average Bonchev–Trinajstić information content (AvgIpc) is 2.40. The van der Waals surface area contributed by atoms with Crippen LogP contribution in [0.5, 0.6) is 0 Å². The molecular weight excluding hydrogens is 256 g/mol. The fourth-order valence-corrected chi connectivity index (χ4v) is 2.25. The molecule has 0 fully saturated rings. The predicted molar refractivity (Wildman–Crippen MR) is 78.6 cm³/mol. The molecule has 20 heavy (non-hydrogen) atoms. The zero-order valence-electron chi connectivity index (χ0n) is 11.3. The summed E-state index contributed by atoms with van der Waals surface area (Å²) < 4.78 is 5.23. The van der Waals surface area contributed by atoms with Gasteiger partial charge in [0.15, 0.2) is 0 Å². The second-order valence-corrected chi connectivity index (χ2v) is 4.89. The van der Waals surface area contributed by atoms with Crippen molar-refractivity contribution < 1.29 is 14.6 Å². The van der Waals surface area contributed by atoms with Crippen molar-refractivity contribution in [1.82, 2.24) is 0 Å². The summed E-state index contributed by atoms with van der Waals surface area (Å²) in [6, 6.07) is 0. The SMILES string of the molecule is C=C(/C=c1/c(=O)oc2c(c1=C)CCC(O)=C2)CCCO. The quantitative estimate of drug-likeness (QED) is 0.859. The molecule has 0 spiro atoms. The topological polar surface area (TPSA) is 70.7 Å². The number of rotatable bonds is 4. The molecule has 0 atom stereocenters. The van der Waals surface area contributed by atoms with E-state index in [0.717, 1.165) is 11.1 Å². The number of aliphatic hydroxyl groups excluding tert-OH is 2. The highest BCUT2D eigenvalue weighted by Gasteiger charge is 2.14. The number of allylic oxidation sites excluding steroid dienone is 2. The van der Waals surface area contributed by atoms with Crippen LogP contribution in [0.3, 0.4) is 0 Å². The monoisotopic (exact) mass is 274 g/mol. The van der Waals surface area contributed by atoms with Gasteiger partial charge in [-0.3, -0.25) is 0 Å². The first-order valence-corrected chi connectivity index (χ1v) is 6.57. The lowest BCUT2D eigenvalue weighted by molar-refractivity contribution is 0.289. The van der Waals surface area contributed by atoms with Crippen molar-refractivity contribution >= 4 is 18.7 Å². The van der Waals surface area contributed by atoms with Crippen LogP contribution in [0.15, 0.2) is 27.1 Å². The first-order chi connectivity index (χ1) is 9.52. The summed E-state index contributed by atoms with van der Waals surface area (Å²) in [5.41, 5.74) is 1.12. The van der Waals surface area contributed by atoms with E-state index >= 15 is 0 Å². The molecule has 1 aromatic heterocycles. The van der Waals surface area contributed by atoms with Gasteiger partial charge >= 0.3 is 5.63 Å². The van der Waals surface area contributed by atoms with E-state index in [4.69, 9.17) is 9.52 Å². The van der Waals surface area contributed by atoms with E-state index in [9.17, 15) is 9.90 Å². The Kier molecular flexibility index (Phi) is 4.25. The molecule has 0 bridgehead atoms. The Labute approximate surface area is 116 Å². The summed E-state index contributed by atoms with van der Waals surface area (Å²) in [4.78, 5) is 12.0. The van der Waals surface area contributed by atoms with Gasteiger partial charge in [0, 0.05) is 24.7 Å². The van der Waals surface area contributed by atoms with Crippen molar-refractivity contribution in [2.45, 2.75) is 25.7 Å². The largest absolute Gasteiger partial charge is 0.512 e. The van der Waals surface area contributed by atoms with E-state index in [0.29, 0.717) is 41.9 Å². The fourth-order valence-electron chi connectivity index (χ4n) is 2.25. The molecule has 0 radical (unpaired) electrons. The van der Waals surface area contributed by atoms with Gasteiger partial charge in [0.2, 0.25) is 0 Å². The zero-order valence-corrected chi connectivity index (χ0v) is 11.3. The molecule has 4 heteroatoms. The van der Waals surface area contributed by atoms with E-state index in [1.54, 1.807) is 6.08 Å². The predicted octanol–water partition coefficient (Wildman–Crippen LogP) is 1.00. The highest BCUT2D eigenvalue weighted by atomic mass is 16.4. The zero-order chi connectivity index (χ0) is 14.7. The van der Waals surface area contributed by atoms with Crippen molar-refractivity contribution in [1.29, 1.82) is 0 Å². The van der Waals surface area contributed by atoms with Gasteiger partial charge in [-0.2, -0.15) is 0 Å². The van der Waals surface area contributed by atoms with Crippen LogP contribution in [0.2, 0.25) is 0 Å². The van der Waals surface area contributed by atoms with Gasteiger partial charge < -0.3 is 14.6 Å². The van der Waals surface area contributed by atoms with E-state index in [2.05, 4.69) is 13.2 Å². The van der Waals surface area contributed by atoms with Crippen LogP contribution >= 0.6 is 0 Å². The van der Waals surface area contributed by atoms with Gasteiger partial charge in [-0.05, 0) is 30.6 Å². The van der Waals surface area contributed by atoms with Gasteiger partial charge in [0.05, 0.1) is 11.0 Å².